The van der Waals surface area contributed by atoms with Gasteiger partial charge in [0.25, 0.3) is 0 Å². The third-order valence-electron chi connectivity index (χ3n) is 4.21. The molecule has 138 valence electrons. The molecule has 26 heavy (non-hydrogen) atoms. The van der Waals surface area contributed by atoms with E-state index in [0.29, 0.717) is 18.8 Å². The van der Waals surface area contributed by atoms with Crippen LogP contribution in [0.1, 0.15) is 24.3 Å². The summed E-state index contributed by atoms with van der Waals surface area (Å²) >= 11 is 0. The van der Waals surface area contributed by atoms with E-state index in [4.69, 9.17) is 4.74 Å². The van der Waals surface area contributed by atoms with E-state index < -0.39 is 17.2 Å². The van der Waals surface area contributed by atoms with Gasteiger partial charge in [-0.1, -0.05) is 6.58 Å². The summed E-state index contributed by atoms with van der Waals surface area (Å²) in [6.07, 6.45) is 0. The number of halogens is 1. The Morgan fingerprint density at radius 1 is 1.38 bits per heavy atom. The molecule has 0 amide bonds. The van der Waals surface area contributed by atoms with Gasteiger partial charge >= 0.3 is 5.97 Å². The molecule has 3 heterocycles. The Kier molecular flexibility index (Phi) is 5.03. The molecule has 1 N–H and O–H groups in total. The molecule has 2 aromatic heterocycles. The van der Waals surface area contributed by atoms with E-state index in [1.165, 1.54) is 10.6 Å². The summed E-state index contributed by atoms with van der Waals surface area (Å²) in [6, 6.07) is 2.32. The maximum Gasteiger partial charge on any atom is 0.355 e. The van der Waals surface area contributed by atoms with Crippen LogP contribution in [0, 0.1) is 5.82 Å². The van der Waals surface area contributed by atoms with Crippen LogP contribution in [0.25, 0.3) is 16.7 Å². The quantitative estimate of drug-likeness (QED) is 0.835. The first-order chi connectivity index (χ1) is 12.4. The first kappa shape index (κ1) is 18.1. The monoisotopic (exact) mass is 360 g/mol. The minimum absolute atomic E-state index is 0.0298. The fourth-order valence-electron chi connectivity index (χ4n) is 3.04. The summed E-state index contributed by atoms with van der Waals surface area (Å²) in [5.41, 5.74) is 0.215. The molecular formula is C18H21FN4O3. The lowest BCUT2D eigenvalue weighted by molar-refractivity contribution is 0.0517. The molecule has 0 spiro atoms. The summed E-state index contributed by atoms with van der Waals surface area (Å²) in [5.74, 6) is -1.05. The van der Waals surface area contributed by atoms with Crippen LogP contribution in [-0.2, 0) is 4.74 Å². The summed E-state index contributed by atoms with van der Waals surface area (Å²) in [5, 5.41) is 3.29. The molecule has 0 saturated carbocycles. The Morgan fingerprint density at radius 3 is 2.69 bits per heavy atom. The highest BCUT2D eigenvalue weighted by Gasteiger charge is 2.22. The molecular weight excluding hydrogens is 339 g/mol. The Balaban J connectivity index is 2.28. The van der Waals surface area contributed by atoms with Gasteiger partial charge in [-0.3, -0.25) is 9.36 Å². The molecule has 0 atom stereocenters. The van der Waals surface area contributed by atoms with Gasteiger partial charge < -0.3 is 15.0 Å². The summed E-state index contributed by atoms with van der Waals surface area (Å²) in [4.78, 5) is 30.9. The van der Waals surface area contributed by atoms with Crippen LogP contribution in [0.3, 0.4) is 0 Å². The van der Waals surface area contributed by atoms with Crippen molar-refractivity contribution < 1.29 is 13.9 Å². The number of allylic oxidation sites excluding steroid dienone is 1. The Morgan fingerprint density at radius 2 is 2.08 bits per heavy atom. The zero-order valence-corrected chi connectivity index (χ0v) is 14.8. The number of rotatable bonds is 4. The second kappa shape index (κ2) is 7.25. The largest absolute Gasteiger partial charge is 0.461 e. The van der Waals surface area contributed by atoms with Crippen LogP contribution in [0.4, 0.5) is 10.2 Å². The van der Waals surface area contributed by atoms with E-state index in [0.717, 1.165) is 19.2 Å². The van der Waals surface area contributed by atoms with E-state index in [9.17, 15) is 14.0 Å². The zero-order chi connectivity index (χ0) is 18.8. The van der Waals surface area contributed by atoms with Crippen LogP contribution in [-0.4, -0.2) is 48.3 Å². The number of carbonyl (C=O) groups excluding carboxylic acids is 1. The summed E-state index contributed by atoms with van der Waals surface area (Å²) < 4.78 is 21.1. The van der Waals surface area contributed by atoms with Gasteiger partial charge in [-0.15, -0.1) is 0 Å². The SMILES string of the molecule is C=C(C)n1c(C(=O)OCC)cc(=O)c2cc(F)c(N3CCNCC3)nc21. The van der Waals surface area contributed by atoms with E-state index in [1.54, 1.807) is 13.8 Å². The lowest BCUT2D eigenvalue weighted by Crippen LogP contribution is -2.44. The fraction of sp³-hybridized carbons (Fsp3) is 0.389. The van der Waals surface area contributed by atoms with E-state index in [2.05, 4.69) is 16.9 Å². The molecule has 1 aliphatic heterocycles. The number of nitrogens with zero attached hydrogens (tertiary/aromatic N) is 3. The van der Waals surface area contributed by atoms with Crippen molar-refractivity contribution >= 4 is 28.5 Å². The second-order valence-electron chi connectivity index (χ2n) is 6.09. The topological polar surface area (TPSA) is 76.5 Å². The van der Waals surface area contributed by atoms with Crippen molar-refractivity contribution in [2.45, 2.75) is 13.8 Å². The van der Waals surface area contributed by atoms with Gasteiger partial charge in [-0.2, -0.15) is 0 Å². The van der Waals surface area contributed by atoms with Gasteiger partial charge in [0.1, 0.15) is 5.69 Å². The fourth-order valence-corrected chi connectivity index (χ4v) is 3.04. The predicted molar refractivity (Wildman–Crippen MR) is 98.0 cm³/mol. The number of aromatic nitrogens is 2. The van der Waals surface area contributed by atoms with Gasteiger partial charge in [0, 0.05) is 37.9 Å². The average Bonchev–Trinajstić information content (AvgIpc) is 2.62. The summed E-state index contributed by atoms with van der Waals surface area (Å²) in [7, 11) is 0. The van der Waals surface area contributed by atoms with Crippen molar-refractivity contribution in [2.24, 2.45) is 0 Å². The van der Waals surface area contributed by atoms with Crippen molar-refractivity contribution in [3.8, 4) is 0 Å². The maximum absolute atomic E-state index is 14.6. The number of esters is 1. The number of ether oxygens (including phenoxy) is 1. The van der Waals surface area contributed by atoms with E-state index >= 15 is 0 Å². The normalized spacial score (nSPS) is 14.5. The molecule has 0 bridgehead atoms. The Hall–Kier alpha value is -2.74. The highest BCUT2D eigenvalue weighted by Crippen LogP contribution is 2.24. The molecule has 1 aliphatic rings. The number of carbonyl (C=O) groups is 1. The number of nitrogens with one attached hydrogen (secondary N) is 1. The molecule has 3 rings (SSSR count). The molecule has 0 radical (unpaired) electrons. The number of fused-ring (bicyclic) bond motifs is 1. The lowest BCUT2D eigenvalue weighted by Gasteiger charge is -2.29. The average molecular weight is 360 g/mol. The Bertz CT molecular complexity index is 932. The molecule has 1 saturated heterocycles. The van der Waals surface area contributed by atoms with Crippen LogP contribution < -0.4 is 15.6 Å². The third kappa shape index (κ3) is 3.20. The molecule has 2 aromatic rings. The second-order valence-corrected chi connectivity index (χ2v) is 6.09. The minimum Gasteiger partial charge on any atom is -0.461 e. The number of hydrogen-bond acceptors (Lipinski definition) is 6. The number of anilines is 1. The molecule has 1 fully saturated rings. The predicted octanol–water partition coefficient (Wildman–Crippen LogP) is 1.61. The smallest absolute Gasteiger partial charge is 0.355 e. The lowest BCUT2D eigenvalue weighted by atomic mass is 10.2. The molecule has 7 nitrogen and oxygen atoms in total. The van der Waals surface area contributed by atoms with Crippen LogP contribution in [0.2, 0.25) is 0 Å². The number of pyridine rings is 2. The minimum atomic E-state index is -0.649. The first-order valence-electron chi connectivity index (χ1n) is 8.49. The van der Waals surface area contributed by atoms with E-state index in [1.807, 2.05) is 4.90 Å². The Labute approximate surface area is 150 Å². The first-order valence-corrected chi connectivity index (χ1v) is 8.49. The van der Waals surface area contributed by atoms with E-state index in [-0.39, 0.29) is 29.2 Å². The number of hydrogen-bond donors (Lipinski definition) is 1. The molecule has 0 aliphatic carbocycles. The zero-order valence-electron chi connectivity index (χ0n) is 14.8. The standard InChI is InChI=1S/C18H21FN4O3/c1-4-26-18(25)14-10-15(24)12-9-13(19)17(22-7-5-20-6-8-22)21-16(12)23(14)11(2)3/h9-10,20H,2,4-8H2,1,3H3. The maximum atomic E-state index is 14.6. The molecule has 8 heteroatoms. The highest BCUT2D eigenvalue weighted by atomic mass is 19.1. The van der Waals surface area contributed by atoms with Crippen molar-refractivity contribution in [3.63, 3.8) is 0 Å². The molecule has 0 aromatic carbocycles. The van der Waals surface area contributed by atoms with Crippen LogP contribution in [0.15, 0.2) is 23.5 Å². The van der Waals surface area contributed by atoms with Gasteiger partial charge in [0.2, 0.25) is 0 Å². The van der Waals surface area contributed by atoms with Gasteiger partial charge in [0.05, 0.1) is 12.0 Å². The van der Waals surface area contributed by atoms with Crippen molar-refractivity contribution in [3.05, 3.63) is 40.4 Å². The van der Waals surface area contributed by atoms with Gasteiger partial charge in [0.15, 0.2) is 22.7 Å². The van der Waals surface area contributed by atoms with Crippen LogP contribution in [0.5, 0.6) is 0 Å². The van der Waals surface area contributed by atoms with Crippen molar-refractivity contribution in [1.82, 2.24) is 14.9 Å². The number of piperazine rings is 1. The molecule has 0 unspecified atom stereocenters. The van der Waals surface area contributed by atoms with Gasteiger partial charge in [-0.25, -0.2) is 14.2 Å². The van der Waals surface area contributed by atoms with Crippen molar-refractivity contribution in [1.29, 1.82) is 0 Å². The van der Waals surface area contributed by atoms with Gasteiger partial charge in [-0.05, 0) is 19.9 Å². The highest BCUT2D eigenvalue weighted by molar-refractivity contribution is 5.93. The van der Waals surface area contributed by atoms with Crippen molar-refractivity contribution in [2.75, 3.05) is 37.7 Å². The summed E-state index contributed by atoms with van der Waals surface area (Å²) in [6.45, 7) is 10.0. The third-order valence-corrected chi connectivity index (χ3v) is 4.21. The van der Waals surface area contributed by atoms with Crippen LogP contribution >= 0.6 is 0 Å².